The summed E-state index contributed by atoms with van der Waals surface area (Å²) in [7, 11) is -2.93. The van der Waals surface area contributed by atoms with E-state index in [1.165, 1.54) is 0 Å². The van der Waals surface area contributed by atoms with Gasteiger partial charge in [-0.2, -0.15) is 0 Å². The predicted octanol–water partition coefficient (Wildman–Crippen LogP) is 3.86. The Morgan fingerprint density at radius 2 is 1.41 bits per heavy atom. The molecule has 0 amide bonds. The summed E-state index contributed by atoms with van der Waals surface area (Å²) in [5.74, 6) is 0.770. The molecular formula is C18H18NO2P. The molecule has 0 saturated carbocycles. The molecule has 1 heterocycles. The van der Waals surface area contributed by atoms with Crippen molar-refractivity contribution in [3.8, 4) is 0 Å². The molecule has 0 radical (unpaired) electrons. The molecular weight excluding hydrogens is 293 g/mol. The molecule has 1 aromatic heterocycles. The van der Waals surface area contributed by atoms with Crippen LogP contribution in [0.3, 0.4) is 0 Å². The van der Waals surface area contributed by atoms with Crippen LogP contribution >= 0.6 is 7.29 Å². The molecule has 1 atom stereocenters. The molecule has 3 rings (SSSR count). The molecule has 0 unspecified atom stereocenters. The van der Waals surface area contributed by atoms with E-state index in [0.717, 1.165) is 16.4 Å². The third kappa shape index (κ3) is 2.92. The van der Waals surface area contributed by atoms with E-state index >= 15 is 0 Å². The fraction of sp³-hybridized carbons (Fsp3) is 0.111. The molecule has 0 aliphatic rings. The second kappa shape index (κ2) is 6.35. The zero-order chi connectivity index (χ0) is 15.4. The topological polar surface area (TPSA) is 42.2 Å². The van der Waals surface area contributed by atoms with Gasteiger partial charge >= 0.3 is 0 Å². The van der Waals surface area contributed by atoms with Gasteiger partial charge in [0.2, 0.25) is 7.29 Å². The van der Waals surface area contributed by atoms with Crippen molar-refractivity contribution in [3.05, 3.63) is 84.8 Å². The predicted molar refractivity (Wildman–Crippen MR) is 90.0 cm³/mol. The highest BCUT2D eigenvalue weighted by molar-refractivity contribution is 7.76. The highest BCUT2D eigenvalue weighted by atomic mass is 31.2. The molecule has 4 heteroatoms. The first-order chi connectivity index (χ1) is 10.7. The van der Waals surface area contributed by atoms with Crippen molar-refractivity contribution in [2.24, 2.45) is 0 Å². The molecule has 22 heavy (non-hydrogen) atoms. The van der Waals surface area contributed by atoms with E-state index in [1.807, 2.05) is 79.7 Å². The standard InChI is InChI=1S/C18H18NO2P/c1-15(18-13-8-14-21-18)19-22(20,16-9-4-2-5-10-16)17-11-6-3-7-12-17/h2-15H,1H3,(H,19,20)/t15-/m0/s1. The Balaban J connectivity index is 2.02. The Morgan fingerprint density at radius 1 is 0.864 bits per heavy atom. The fourth-order valence-corrected chi connectivity index (χ4v) is 4.90. The number of benzene rings is 2. The van der Waals surface area contributed by atoms with Gasteiger partial charge in [-0.25, -0.2) is 5.09 Å². The molecule has 0 fully saturated rings. The van der Waals surface area contributed by atoms with Gasteiger partial charge in [0.15, 0.2) is 0 Å². The minimum atomic E-state index is -2.93. The van der Waals surface area contributed by atoms with Crippen molar-refractivity contribution in [2.75, 3.05) is 0 Å². The van der Waals surface area contributed by atoms with Crippen molar-refractivity contribution in [2.45, 2.75) is 13.0 Å². The van der Waals surface area contributed by atoms with E-state index in [-0.39, 0.29) is 6.04 Å². The maximum Gasteiger partial charge on any atom is 0.205 e. The number of hydrogen-bond acceptors (Lipinski definition) is 2. The fourth-order valence-electron chi connectivity index (χ4n) is 2.45. The highest BCUT2D eigenvalue weighted by Gasteiger charge is 2.29. The third-order valence-corrected chi connectivity index (χ3v) is 6.39. The first-order valence-electron chi connectivity index (χ1n) is 7.22. The first-order valence-corrected chi connectivity index (χ1v) is 8.93. The normalized spacial score (nSPS) is 13.0. The van der Waals surface area contributed by atoms with E-state index in [9.17, 15) is 4.57 Å². The molecule has 3 aromatic rings. The van der Waals surface area contributed by atoms with Gasteiger partial charge in [0.1, 0.15) is 5.76 Å². The summed E-state index contributed by atoms with van der Waals surface area (Å²) in [6, 6.07) is 22.6. The summed E-state index contributed by atoms with van der Waals surface area (Å²) in [5.41, 5.74) is 0. The minimum absolute atomic E-state index is 0.152. The third-order valence-electron chi connectivity index (χ3n) is 3.59. The van der Waals surface area contributed by atoms with Gasteiger partial charge in [-0.15, -0.1) is 0 Å². The van der Waals surface area contributed by atoms with Crippen LogP contribution in [0, 0.1) is 0 Å². The molecule has 0 bridgehead atoms. The van der Waals surface area contributed by atoms with Crippen LogP contribution in [0.5, 0.6) is 0 Å². The monoisotopic (exact) mass is 311 g/mol. The largest absolute Gasteiger partial charge is 0.468 e. The lowest BCUT2D eigenvalue weighted by Crippen LogP contribution is -2.29. The van der Waals surface area contributed by atoms with Gasteiger partial charge in [0.05, 0.1) is 12.3 Å². The van der Waals surface area contributed by atoms with Gasteiger partial charge in [-0.1, -0.05) is 36.4 Å². The second-order valence-corrected chi connectivity index (χ2v) is 7.66. The average Bonchev–Trinajstić information content (AvgIpc) is 3.11. The zero-order valence-electron chi connectivity index (χ0n) is 12.3. The Labute approximate surface area is 130 Å². The Bertz CT molecular complexity index is 711. The van der Waals surface area contributed by atoms with E-state index in [0.29, 0.717) is 0 Å². The summed E-state index contributed by atoms with van der Waals surface area (Å²) < 4.78 is 19.2. The molecule has 0 saturated heterocycles. The van der Waals surface area contributed by atoms with Crippen LogP contribution in [0.25, 0.3) is 0 Å². The van der Waals surface area contributed by atoms with Gasteiger partial charge < -0.3 is 4.42 Å². The number of nitrogens with one attached hydrogen (secondary N) is 1. The number of furan rings is 1. The molecule has 0 aliphatic heterocycles. The van der Waals surface area contributed by atoms with Gasteiger partial charge in [-0.05, 0) is 43.3 Å². The summed E-state index contributed by atoms with van der Waals surface area (Å²) in [6.07, 6.45) is 1.63. The summed E-state index contributed by atoms with van der Waals surface area (Å²) in [4.78, 5) is 0. The Morgan fingerprint density at radius 3 is 1.86 bits per heavy atom. The average molecular weight is 311 g/mol. The second-order valence-electron chi connectivity index (χ2n) is 5.15. The van der Waals surface area contributed by atoms with Gasteiger partial charge in [0.25, 0.3) is 0 Å². The van der Waals surface area contributed by atoms with Crippen LogP contribution in [0.1, 0.15) is 18.7 Å². The molecule has 112 valence electrons. The van der Waals surface area contributed by atoms with E-state index in [1.54, 1.807) is 6.26 Å². The van der Waals surface area contributed by atoms with Crippen molar-refractivity contribution in [1.82, 2.24) is 5.09 Å². The lowest BCUT2D eigenvalue weighted by Gasteiger charge is -2.23. The number of rotatable bonds is 5. The van der Waals surface area contributed by atoms with Crippen LogP contribution in [0.2, 0.25) is 0 Å². The molecule has 1 N–H and O–H groups in total. The molecule has 3 nitrogen and oxygen atoms in total. The summed E-state index contributed by atoms with van der Waals surface area (Å²) >= 11 is 0. The van der Waals surface area contributed by atoms with Gasteiger partial charge in [0, 0.05) is 10.6 Å². The van der Waals surface area contributed by atoms with Crippen LogP contribution in [-0.2, 0) is 4.57 Å². The lowest BCUT2D eigenvalue weighted by molar-refractivity contribution is 0.462. The molecule has 0 spiro atoms. The summed E-state index contributed by atoms with van der Waals surface area (Å²) in [6.45, 7) is 1.96. The summed E-state index contributed by atoms with van der Waals surface area (Å²) in [5, 5.41) is 4.87. The zero-order valence-corrected chi connectivity index (χ0v) is 13.2. The smallest absolute Gasteiger partial charge is 0.205 e. The molecule has 2 aromatic carbocycles. The maximum atomic E-state index is 13.8. The van der Waals surface area contributed by atoms with Crippen LogP contribution < -0.4 is 15.7 Å². The quantitative estimate of drug-likeness (QED) is 0.728. The van der Waals surface area contributed by atoms with Crippen molar-refractivity contribution in [1.29, 1.82) is 0 Å². The van der Waals surface area contributed by atoms with Crippen molar-refractivity contribution < 1.29 is 8.98 Å². The van der Waals surface area contributed by atoms with Crippen molar-refractivity contribution in [3.63, 3.8) is 0 Å². The van der Waals surface area contributed by atoms with Crippen LogP contribution in [-0.4, -0.2) is 0 Å². The minimum Gasteiger partial charge on any atom is -0.468 e. The maximum absolute atomic E-state index is 13.8. The van der Waals surface area contributed by atoms with Crippen LogP contribution in [0.15, 0.2) is 83.5 Å². The lowest BCUT2D eigenvalue weighted by atomic mass is 10.3. The van der Waals surface area contributed by atoms with Crippen molar-refractivity contribution >= 4 is 17.9 Å². The SMILES string of the molecule is C[C@H](NP(=O)(c1ccccc1)c1ccccc1)c1ccco1. The van der Waals surface area contributed by atoms with Crippen LogP contribution in [0.4, 0.5) is 0 Å². The Hall–Kier alpha value is -2.09. The van der Waals surface area contributed by atoms with Gasteiger partial charge in [-0.3, -0.25) is 4.57 Å². The van der Waals surface area contributed by atoms with E-state index in [2.05, 4.69) is 5.09 Å². The van der Waals surface area contributed by atoms with E-state index < -0.39 is 7.29 Å². The number of hydrogen-bond donors (Lipinski definition) is 1. The van der Waals surface area contributed by atoms with E-state index in [4.69, 9.17) is 4.42 Å². The first kappa shape index (κ1) is 14.8. The highest BCUT2D eigenvalue weighted by Crippen LogP contribution is 2.41. The Kier molecular flexibility index (Phi) is 4.28. The molecule has 0 aliphatic carbocycles.